The number of carbonyl (C=O) groups excluding carboxylic acids is 1. The molecule has 0 fully saturated rings. The Bertz CT molecular complexity index is 600. The Balaban J connectivity index is 1.86. The lowest BCUT2D eigenvalue weighted by atomic mass is 10.1. The maximum absolute atomic E-state index is 12.7. The smallest absolute Gasteiger partial charge is 0.244 e. The summed E-state index contributed by atoms with van der Waals surface area (Å²) >= 11 is 0. The van der Waals surface area contributed by atoms with Crippen LogP contribution >= 0.6 is 0 Å². The van der Waals surface area contributed by atoms with Crippen molar-refractivity contribution in [2.75, 3.05) is 0 Å². The minimum absolute atomic E-state index is 0.171. The van der Waals surface area contributed by atoms with Crippen molar-refractivity contribution >= 4 is 12.0 Å². The summed E-state index contributed by atoms with van der Waals surface area (Å²) in [6.45, 7) is 2.51. The number of benzene rings is 2. The average molecular weight is 269 g/mol. The van der Waals surface area contributed by atoms with Gasteiger partial charge in [0.25, 0.3) is 0 Å². The predicted octanol–water partition coefficient (Wildman–Crippen LogP) is 3.46. The van der Waals surface area contributed by atoms with Crippen molar-refractivity contribution < 1.29 is 9.18 Å². The molecule has 1 N–H and O–H groups in total. The molecule has 0 saturated carbocycles. The van der Waals surface area contributed by atoms with E-state index in [9.17, 15) is 9.18 Å². The Morgan fingerprint density at radius 2 is 1.75 bits per heavy atom. The number of hydrogen-bond donors (Lipinski definition) is 1. The van der Waals surface area contributed by atoms with Gasteiger partial charge in [-0.25, -0.2) is 4.39 Å². The van der Waals surface area contributed by atoms with Crippen LogP contribution in [-0.4, -0.2) is 5.91 Å². The zero-order chi connectivity index (χ0) is 14.4. The Morgan fingerprint density at radius 3 is 2.40 bits per heavy atom. The number of nitrogens with one attached hydrogen (secondary N) is 1. The summed E-state index contributed by atoms with van der Waals surface area (Å²) in [5.74, 6) is -0.458. The van der Waals surface area contributed by atoms with E-state index in [1.54, 1.807) is 18.2 Å². The van der Waals surface area contributed by atoms with Crippen molar-refractivity contribution in [2.45, 2.75) is 13.5 Å². The molecule has 0 spiro atoms. The Hall–Kier alpha value is -2.42. The lowest BCUT2D eigenvalue weighted by Crippen LogP contribution is -2.20. The molecule has 0 aliphatic heterocycles. The van der Waals surface area contributed by atoms with Crippen molar-refractivity contribution in [3.63, 3.8) is 0 Å². The normalized spacial score (nSPS) is 10.7. The molecule has 0 heterocycles. The quantitative estimate of drug-likeness (QED) is 0.846. The molecule has 0 aromatic heterocycles. The third kappa shape index (κ3) is 4.35. The van der Waals surface area contributed by atoms with Gasteiger partial charge in [0.05, 0.1) is 0 Å². The molecule has 0 atom stereocenters. The van der Waals surface area contributed by atoms with Crippen LogP contribution < -0.4 is 5.32 Å². The highest BCUT2D eigenvalue weighted by molar-refractivity contribution is 5.91. The van der Waals surface area contributed by atoms with Gasteiger partial charge in [0, 0.05) is 12.6 Å². The third-order valence-corrected chi connectivity index (χ3v) is 2.88. The lowest BCUT2D eigenvalue weighted by molar-refractivity contribution is -0.116. The minimum Gasteiger partial charge on any atom is -0.348 e. The van der Waals surface area contributed by atoms with Gasteiger partial charge >= 0.3 is 0 Å². The molecule has 102 valence electrons. The van der Waals surface area contributed by atoms with E-state index in [4.69, 9.17) is 0 Å². The molecular formula is C17H16FNO. The van der Waals surface area contributed by atoms with Crippen molar-refractivity contribution in [1.29, 1.82) is 0 Å². The zero-order valence-corrected chi connectivity index (χ0v) is 11.3. The van der Waals surface area contributed by atoms with Crippen molar-refractivity contribution in [3.05, 3.63) is 77.1 Å². The number of amides is 1. The summed E-state index contributed by atoms with van der Waals surface area (Å²) in [5, 5.41) is 2.80. The monoisotopic (exact) mass is 269 g/mol. The van der Waals surface area contributed by atoms with Crippen molar-refractivity contribution in [1.82, 2.24) is 5.32 Å². The van der Waals surface area contributed by atoms with Gasteiger partial charge < -0.3 is 5.32 Å². The highest BCUT2D eigenvalue weighted by atomic mass is 19.1. The number of rotatable bonds is 4. The summed E-state index contributed by atoms with van der Waals surface area (Å²) in [7, 11) is 0. The molecule has 20 heavy (non-hydrogen) atoms. The first kappa shape index (κ1) is 14.0. The number of aryl methyl sites for hydroxylation is 1. The van der Waals surface area contributed by atoms with E-state index >= 15 is 0 Å². The average Bonchev–Trinajstić information content (AvgIpc) is 2.46. The van der Waals surface area contributed by atoms with Gasteiger partial charge in [-0.3, -0.25) is 4.79 Å². The van der Waals surface area contributed by atoms with Crippen molar-refractivity contribution in [3.8, 4) is 0 Å². The summed E-state index contributed by atoms with van der Waals surface area (Å²) in [6.07, 6.45) is 3.10. The second kappa shape index (κ2) is 6.66. The summed E-state index contributed by atoms with van der Waals surface area (Å²) < 4.78 is 12.7. The molecule has 0 bridgehead atoms. The summed E-state index contributed by atoms with van der Waals surface area (Å²) in [5.41, 5.74) is 3.03. The number of halogens is 1. The fourth-order valence-electron chi connectivity index (χ4n) is 1.70. The van der Waals surface area contributed by atoms with Gasteiger partial charge in [-0.1, -0.05) is 42.0 Å². The molecule has 3 heteroatoms. The van der Waals surface area contributed by atoms with Crippen LogP contribution in [0.1, 0.15) is 16.7 Å². The molecule has 2 aromatic carbocycles. The first-order valence-corrected chi connectivity index (χ1v) is 6.40. The Labute approximate surface area is 118 Å². The highest BCUT2D eigenvalue weighted by Crippen LogP contribution is 2.05. The zero-order valence-electron chi connectivity index (χ0n) is 11.3. The summed E-state index contributed by atoms with van der Waals surface area (Å²) in [6, 6.07) is 14.0. The molecular weight excluding hydrogens is 253 g/mol. The molecule has 0 radical (unpaired) electrons. The third-order valence-electron chi connectivity index (χ3n) is 2.88. The van der Waals surface area contributed by atoms with Crippen LogP contribution in [0.3, 0.4) is 0 Å². The van der Waals surface area contributed by atoms with E-state index in [0.717, 1.165) is 11.1 Å². The van der Waals surface area contributed by atoms with Crippen LogP contribution in [0.5, 0.6) is 0 Å². The van der Waals surface area contributed by atoms with Crippen LogP contribution in [-0.2, 0) is 11.3 Å². The molecule has 1 amide bonds. The molecule has 2 aromatic rings. The Morgan fingerprint density at radius 1 is 1.10 bits per heavy atom. The number of hydrogen-bond acceptors (Lipinski definition) is 1. The fourth-order valence-corrected chi connectivity index (χ4v) is 1.70. The Kier molecular flexibility index (Phi) is 4.66. The molecule has 0 unspecified atom stereocenters. The SMILES string of the molecule is Cc1ccc(CNC(=O)C=Cc2ccc(F)cc2)cc1. The standard InChI is InChI=1S/C17H16FNO/c1-13-2-4-15(5-3-13)12-19-17(20)11-8-14-6-9-16(18)10-7-14/h2-11H,12H2,1H3,(H,19,20). The van der Waals surface area contributed by atoms with Gasteiger partial charge in [-0.2, -0.15) is 0 Å². The second-order valence-electron chi connectivity index (χ2n) is 4.59. The first-order chi connectivity index (χ1) is 9.63. The topological polar surface area (TPSA) is 29.1 Å². The first-order valence-electron chi connectivity index (χ1n) is 6.40. The highest BCUT2D eigenvalue weighted by Gasteiger charge is 1.97. The molecule has 2 nitrogen and oxygen atoms in total. The fraction of sp³-hybridized carbons (Fsp3) is 0.118. The predicted molar refractivity (Wildman–Crippen MR) is 78.5 cm³/mol. The van der Waals surface area contributed by atoms with Gasteiger partial charge in [0.15, 0.2) is 0 Å². The maximum Gasteiger partial charge on any atom is 0.244 e. The van der Waals surface area contributed by atoms with Crippen LogP contribution in [0.25, 0.3) is 6.08 Å². The second-order valence-corrected chi connectivity index (χ2v) is 4.59. The van der Waals surface area contributed by atoms with E-state index in [1.807, 2.05) is 31.2 Å². The number of carbonyl (C=O) groups is 1. The molecule has 2 rings (SSSR count). The molecule has 0 aliphatic carbocycles. The van der Waals surface area contributed by atoms with Crippen LogP contribution in [0, 0.1) is 12.7 Å². The van der Waals surface area contributed by atoms with E-state index in [1.165, 1.54) is 23.8 Å². The minimum atomic E-state index is -0.286. The largest absolute Gasteiger partial charge is 0.348 e. The van der Waals surface area contributed by atoms with Gasteiger partial charge in [-0.05, 0) is 36.3 Å². The van der Waals surface area contributed by atoms with E-state index in [2.05, 4.69) is 5.32 Å². The molecule has 0 saturated heterocycles. The van der Waals surface area contributed by atoms with E-state index < -0.39 is 0 Å². The lowest BCUT2D eigenvalue weighted by Gasteiger charge is -2.03. The van der Waals surface area contributed by atoms with Crippen LogP contribution in [0.15, 0.2) is 54.6 Å². The van der Waals surface area contributed by atoms with Crippen molar-refractivity contribution in [2.24, 2.45) is 0 Å². The van der Waals surface area contributed by atoms with Gasteiger partial charge in [0.2, 0.25) is 5.91 Å². The van der Waals surface area contributed by atoms with Crippen LogP contribution in [0.4, 0.5) is 4.39 Å². The summed E-state index contributed by atoms with van der Waals surface area (Å²) in [4.78, 5) is 11.7. The van der Waals surface area contributed by atoms with Gasteiger partial charge in [0.1, 0.15) is 5.82 Å². The van der Waals surface area contributed by atoms with E-state index in [-0.39, 0.29) is 11.7 Å². The van der Waals surface area contributed by atoms with E-state index in [0.29, 0.717) is 6.54 Å². The maximum atomic E-state index is 12.7. The molecule has 0 aliphatic rings. The van der Waals surface area contributed by atoms with Crippen LogP contribution in [0.2, 0.25) is 0 Å². The van der Waals surface area contributed by atoms with Gasteiger partial charge in [-0.15, -0.1) is 0 Å².